The number of Topliss-reactive ketones (excluding diaryl/α,β-unsaturated/α-hetero) is 2. The molecule has 2 heterocycles. The standard InChI is InChI=1S/C36H43N3O5/c1-19-7-10-24(27(41)18-38-11-13-39(14-12-38)23-5-3-2-4-6-23)25-16-21-15-22-17-26(40)31(36(37)43)32-29(22)35(30(21)33(42)28(19)25)44-34(32)20-8-9-20/h7,10,20-23,29,40H,2-6,8-9,11-18H2,1H3,(H2,37,43). The topological polar surface area (TPSA) is 113 Å². The number of nitrogens with two attached hydrogens (primary N) is 1. The number of ether oxygens (including phenoxy) is 1. The molecule has 1 amide bonds. The number of allylic oxidation sites excluding steroid dienone is 4. The highest BCUT2D eigenvalue weighted by molar-refractivity contribution is 6.15. The minimum atomic E-state index is -0.638. The van der Waals surface area contributed by atoms with E-state index in [9.17, 15) is 19.5 Å². The summed E-state index contributed by atoms with van der Waals surface area (Å²) in [4.78, 5) is 45.7. The summed E-state index contributed by atoms with van der Waals surface area (Å²) in [5.74, 6) is 0.734. The quantitative estimate of drug-likeness (QED) is 0.455. The van der Waals surface area contributed by atoms with E-state index in [0.29, 0.717) is 54.3 Å². The lowest BCUT2D eigenvalue weighted by atomic mass is 9.61. The zero-order chi connectivity index (χ0) is 30.3. The molecule has 0 aromatic heterocycles. The maximum atomic E-state index is 14.4. The highest BCUT2D eigenvalue weighted by Crippen LogP contribution is 2.60. The first-order valence-corrected chi connectivity index (χ1v) is 16.8. The third-order valence-electron chi connectivity index (χ3n) is 11.6. The van der Waals surface area contributed by atoms with E-state index >= 15 is 0 Å². The van der Waals surface area contributed by atoms with Crippen LogP contribution in [0.5, 0.6) is 0 Å². The number of fused-ring (bicyclic) bond motifs is 2. The molecule has 3 unspecified atom stereocenters. The van der Waals surface area contributed by atoms with Crippen LogP contribution in [0.25, 0.3) is 0 Å². The molecule has 1 aromatic carbocycles. The van der Waals surface area contributed by atoms with Gasteiger partial charge >= 0.3 is 0 Å². The minimum Gasteiger partial charge on any atom is -0.511 e. The van der Waals surface area contributed by atoms with Crippen LogP contribution < -0.4 is 5.73 Å². The van der Waals surface area contributed by atoms with Gasteiger partial charge in [0.1, 0.15) is 17.3 Å². The molecule has 1 aromatic rings. The predicted octanol–water partition coefficient (Wildman–Crippen LogP) is 4.77. The smallest absolute Gasteiger partial charge is 0.252 e. The normalized spacial score (nSPS) is 29.4. The molecule has 232 valence electrons. The minimum absolute atomic E-state index is 0.0203. The maximum absolute atomic E-state index is 14.4. The van der Waals surface area contributed by atoms with Crippen molar-refractivity contribution in [1.29, 1.82) is 0 Å². The molecule has 3 fully saturated rings. The SMILES string of the molecule is Cc1ccc(C(=O)CN2CCN(C3CCCCC3)CC2)c2c1C(=O)C1=C3OC(C4CC4)=C4C(C(N)=O)=C(O)CC(CC1C2)C34. The summed E-state index contributed by atoms with van der Waals surface area (Å²) in [5, 5.41) is 11.0. The number of hydrogen-bond acceptors (Lipinski definition) is 7. The third-order valence-corrected chi connectivity index (χ3v) is 11.6. The first-order chi connectivity index (χ1) is 21.3. The molecule has 1 saturated heterocycles. The monoisotopic (exact) mass is 597 g/mol. The lowest BCUT2D eigenvalue weighted by Crippen LogP contribution is -2.51. The van der Waals surface area contributed by atoms with Crippen LogP contribution in [-0.2, 0) is 16.0 Å². The average Bonchev–Trinajstić information content (AvgIpc) is 3.78. The van der Waals surface area contributed by atoms with E-state index in [0.717, 1.165) is 61.5 Å². The van der Waals surface area contributed by atoms with Gasteiger partial charge in [-0.1, -0.05) is 31.4 Å². The van der Waals surface area contributed by atoms with Crippen molar-refractivity contribution in [1.82, 2.24) is 9.80 Å². The van der Waals surface area contributed by atoms with Crippen molar-refractivity contribution >= 4 is 17.5 Å². The number of aliphatic hydroxyl groups is 1. The summed E-state index contributed by atoms with van der Waals surface area (Å²) in [6.45, 7) is 6.16. The zero-order valence-electron chi connectivity index (χ0n) is 25.7. The van der Waals surface area contributed by atoms with Crippen molar-refractivity contribution in [2.75, 3.05) is 32.7 Å². The van der Waals surface area contributed by atoms with Crippen molar-refractivity contribution in [2.45, 2.75) is 77.2 Å². The van der Waals surface area contributed by atoms with Crippen molar-refractivity contribution in [3.05, 3.63) is 68.4 Å². The fourth-order valence-electron chi connectivity index (χ4n) is 9.36. The van der Waals surface area contributed by atoms with Gasteiger partial charge in [-0.2, -0.15) is 0 Å². The highest BCUT2D eigenvalue weighted by Gasteiger charge is 2.55. The number of carbonyl (C=O) groups is 3. The molecule has 2 saturated carbocycles. The van der Waals surface area contributed by atoms with Gasteiger partial charge in [0.2, 0.25) is 0 Å². The van der Waals surface area contributed by atoms with Crippen molar-refractivity contribution < 1.29 is 24.2 Å². The van der Waals surface area contributed by atoms with Gasteiger partial charge in [0.25, 0.3) is 5.91 Å². The van der Waals surface area contributed by atoms with Crippen LogP contribution in [-0.4, -0.2) is 71.1 Å². The summed E-state index contributed by atoms with van der Waals surface area (Å²) in [5.41, 5.74) is 10.4. The molecule has 3 atom stereocenters. The van der Waals surface area contributed by atoms with Gasteiger partial charge < -0.3 is 15.6 Å². The van der Waals surface area contributed by atoms with E-state index in [1.807, 2.05) is 19.1 Å². The first-order valence-electron chi connectivity index (χ1n) is 16.8. The number of rotatable bonds is 6. The number of piperazine rings is 1. The van der Waals surface area contributed by atoms with Gasteiger partial charge in [-0.25, -0.2) is 0 Å². The lowest BCUT2D eigenvalue weighted by molar-refractivity contribution is -0.114. The number of ketones is 2. The molecule has 0 bridgehead atoms. The van der Waals surface area contributed by atoms with Crippen LogP contribution in [0, 0.1) is 30.6 Å². The molecule has 0 radical (unpaired) electrons. The maximum Gasteiger partial charge on any atom is 0.252 e. The molecular weight excluding hydrogens is 554 g/mol. The van der Waals surface area contributed by atoms with E-state index in [1.54, 1.807) is 0 Å². The summed E-state index contributed by atoms with van der Waals surface area (Å²) >= 11 is 0. The van der Waals surface area contributed by atoms with Gasteiger partial charge in [-0.15, -0.1) is 0 Å². The summed E-state index contributed by atoms with van der Waals surface area (Å²) in [7, 11) is 0. The van der Waals surface area contributed by atoms with Crippen LogP contribution in [0.2, 0.25) is 0 Å². The van der Waals surface area contributed by atoms with E-state index < -0.39 is 5.91 Å². The number of primary amides is 1. The highest BCUT2D eigenvalue weighted by atomic mass is 16.5. The number of carbonyl (C=O) groups excluding carboxylic acids is 3. The Labute approximate surface area is 259 Å². The van der Waals surface area contributed by atoms with Crippen molar-refractivity contribution in [3.8, 4) is 0 Å². The lowest BCUT2D eigenvalue weighted by Gasteiger charge is -2.41. The average molecular weight is 598 g/mol. The summed E-state index contributed by atoms with van der Waals surface area (Å²) in [6.07, 6.45) is 10.2. The Morgan fingerprint density at radius 3 is 2.41 bits per heavy atom. The Bertz CT molecular complexity index is 1550. The van der Waals surface area contributed by atoms with Gasteiger partial charge in [0.15, 0.2) is 11.6 Å². The fraction of sp³-hybridized carbons (Fsp3) is 0.583. The molecule has 44 heavy (non-hydrogen) atoms. The van der Waals surface area contributed by atoms with E-state index in [4.69, 9.17) is 10.5 Å². The van der Waals surface area contributed by atoms with Gasteiger partial charge in [0, 0.05) is 66.8 Å². The Hall–Kier alpha value is -3.23. The Balaban J connectivity index is 1.08. The molecule has 8 rings (SSSR count). The second kappa shape index (κ2) is 10.7. The molecule has 0 spiro atoms. The first kappa shape index (κ1) is 28.3. The number of nitrogens with zero attached hydrogens (tertiary/aromatic N) is 2. The second-order valence-corrected chi connectivity index (χ2v) is 14.3. The molecule has 5 aliphatic carbocycles. The molecule has 8 nitrogen and oxygen atoms in total. The number of hydrogen-bond donors (Lipinski definition) is 2. The number of aliphatic hydroxyl groups excluding tert-OH is 1. The van der Waals surface area contributed by atoms with Gasteiger partial charge in [-0.3, -0.25) is 24.2 Å². The van der Waals surface area contributed by atoms with Crippen molar-refractivity contribution in [2.24, 2.45) is 29.4 Å². The molecule has 3 N–H and O–H groups in total. The van der Waals surface area contributed by atoms with Crippen LogP contribution >= 0.6 is 0 Å². The summed E-state index contributed by atoms with van der Waals surface area (Å²) < 4.78 is 6.57. The molecule has 2 aliphatic heterocycles. The zero-order valence-corrected chi connectivity index (χ0v) is 25.7. The van der Waals surface area contributed by atoms with Crippen LogP contribution in [0.4, 0.5) is 0 Å². The van der Waals surface area contributed by atoms with E-state index in [2.05, 4.69) is 9.80 Å². The Morgan fingerprint density at radius 1 is 0.955 bits per heavy atom. The largest absolute Gasteiger partial charge is 0.511 e. The number of amides is 1. The van der Waals surface area contributed by atoms with Crippen LogP contribution in [0.3, 0.4) is 0 Å². The molecular formula is C36H43N3O5. The van der Waals surface area contributed by atoms with Crippen molar-refractivity contribution in [3.63, 3.8) is 0 Å². The van der Waals surface area contributed by atoms with Gasteiger partial charge in [-0.05, 0) is 68.4 Å². The fourth-order valence-corrected chi connectivity index (χ4v) is 9.36. The van der Waals surface area contributed by atoms with Crippen LogP contribution in [0.1, 0.15) is 89.6 Å². The number of benzene rings is 1. The molecule has 8 heteroatoms. The number of aryl methyl sites for hydroxylation is 1. The second-order valence-electron chi connectivity index (χ2n) is 14.3. The third kappa shape index (κ3) is 4.51. The predicted molar refractivity (Wildman–Crippen MR) is 165 cm³/mol. The Kier molecular flexibility index (Phi) is 6.87. The molecule has 7 aliphatic rings. The van der Waals surface area contributed by atoms with Crippen LogP contribution in [0.15, 0.2) is 46.1 Å². The van der Waals surface area contributed by atoms with E-state index in [1.165, 1.54) is 32.1 Å². The Morgan fingerprint density at radius 2 is 1.70 bits per heavy atom. The summed E-state index contributed by atoms with van der Waals surface area (Å²) in [6, 6.07) is 4.55. The van der Waals surface area contributed by atoms with Gasteiger partial charge in [0.05, 0.1) is 18.0 Å². The van der Waals surface area contributed by atoms with E-state index in [-0.39, 0.29) is 46.6 Å².